The van der Waals surface area contributed by atoms with Crippen LogP contribution in [0.3, 0.4) is 0 Å². The maximum absolute atomic E-state index is 11.6. The Balaban J connectivity index is 2.60. The molecule has 0 saturated carbocycles. The first-order chi connectivity index (χ1) is 8.31. The van der Waals surface area contributed by atoms with Crippen LogP contribution < -0.4 is 10.5 Å². The fourth-order valence-electron chi connectivity index (χ4n) is 1.16. The number of ether oxygens (including phenoxy) is 2. The first-order valence-electron chi connectivity index (χ1n) is 5.47. The van der Waals surface area contributed by atoms with Gasteiger partial charge in [-0.05, 0) is 26.8 Å². The second-order valence-electron chi connectivity index (χ2n) is 4.62. The number of methoxy groups -OCH3 is 1. The summed E-state index contributed by atoms with van der Waals surface area (Å²) in [7, 11) is 1.53. The normalized spacial score (nSPS) is 11.1. The number of esters is 1. The molecular weight excluding hydrogens is 252 g/mol. The zero-order valence-electron chi connectivity index (χ0n) is 11.0. The number of thioether (sulfide) groups is 1. The number of anilines is 1. The van der Waals surface area contributed by atoms with E-state index in [0.717, 1.165) is 0 Å². The van der Waals surface area contributed by atoms with Gasteiger partial charge in [0.2, 0.25) is 5.88 Å². The van der Waals surface area contributed by atoms with E-state index in [1.165, 1.54) is 18.9 Å². The fraction of sp³-hybridized carbons (Fsp3) is 0.500. The van der Waals surface area contributed by atoms with Crippen LogP contribution in [0.5, 0.6) is 5.88 Å². The number of rotatable bonds is 4. The number of hydrogen-bond donors (Lipinski definition) is 1. The molecule has 0 spiro atoms. The van der Waals surface area contributed by atoms with E-state index >= 15 is 0 Å². The van der Waals surface area contributed by atoms with Gasteiger partial charge in [0.25, 0.3) is 0 Å². The maximum Gasteiger partial charge on any atom is 0.316 e. The first kappa shape index (κ1) is 14.6. The van der Waals surface area contributed by atoms with Gasteiger partial charge in [-0.15, -0.1) is 0 Å². The lowest BCUT2D eigenvalue weighted by atomic mass is 10.2. The molecule has 0 bridgehead atoms. The molecule has 0 amide bonds. The van der Waals surface area contributed by atoms with Crippen molar-refractivity contribution in [2.24, 2.45) is 0 Å². The van der Waals surface area contributed by atoms with E-state index in [4.69, 9.17) is 15.2 Å². The van der Waals surface area contributed by atoms with Crippen molar-refractivity contribution in [3.8, 4) is 5.88 Å². The van der Waals surface area contributed by atoms with Crippen LogP contribution in [-0.4, -0.2) is 29.4 Å². The lowest BCUT2D eigenvalue weighted by Gasteiger charge is -2.19. The van der Waals surface area contributed by atoms with Crippen molar-refractivity contribution in [2.75, 3.05) is 18.6 Å². The first-order valence-corrected chi connectivity index (χ1v) is 6.45. The Morgan fingerprint density at radius 2 is 2.11 bits per heavy atom. The highest BCUT2D eigenvalue weighted by Gasteiger charge is 2.17. The molecular formula is C12H18N2O3S. The predicted molar refractivity (Wildman–Crippen MR) is 71.8 cm³/mol. The molecule has 18 heavy (non-hydrogen) atoms. The quantitative estimate of drug-likeness (QED) is 0.667. The Morgan fingerprint density at radius 1 is 1.44 bits per heavy atom. The van der Waals surface area contributed by atoms with Crippen molar-refractivity contribution < 1.29 is 14.3 Å². The topological polar surface area (TPSA) is 74.4 Å². The van der Waals surface area contributed by atoms with Gasteiger partial charge in [0.15, 0.2) is 0 Å². The molecule has 1 aromatic heterocycles. The van der Waals surface area contributed by atoms with Crippen molar-refractivity contribution >= 4 is 23.4 Å². The van der Waals surface area contributed by atoms with Gasteiger partial charge in [0, 0.05) is 6.07 Å². The number of aromatic nitrogens is 1. The average Bonchev–Trinajstić information content (AvgIpc) is 2.25. The van der Waals surface area contributed by atoms with Crippen LogP contribution in [0.15, 0.2) is 17.2 Å². The van der Waals surface area contributed by atoms with Crippen molar-refractivity contribution in [2.45, 2.75) is 31.4 Å². The molecule has 0 saturated heterocycles. The highest BCUT2D eigenvalue weighted by atomic mass is 32.2. The van der Waals surface area contributed by atoms with Crippen LogP contribution in [0.4, 0.5) is 5.69 Å². The smallest absolute Gasteiger partial charge is 0.316 e. The van der Waals surface area contributed by atoms with Crippen LogP contribution in [0, 0.1) is 0 Å². The summed E-state index contributed by atoms with van der Waals surface area (Å²) in [6.07, 6.45) is 0. The summed E-state index contributed by atoms with van der Waals surface area (Å²) in [5.41, 5.74) is 5.80. The largest absolute Gasteiger partial charge is 0.481 e. The van der Waals surface area contributed by atoms with Crippen molar-refractivity contribution in [3.05, 3.63) is 12.1 Å². The van der Waals surface area contributed by atoms with Gasteiger partial charge in [-0.25, -0.2) is 4.98 Å². The lowest BCUT2D eigenvalue weighted by Crippen LogP contribution is -2.24. The average molecular weight is 270 g/mol. The molecule has 1 rings (SSSR count). The number of hydrogen-bond acceptors (Lipinski definition) is 6. The van der Waals surface area contributed by atoms with E-state index in [-0.39, 0.29) is 11.7 Å². The molecule has 1 heterocycles. The molecule has 0 aliphatic rings. The van der Waals surface area contributed by atoms with Gasteiger partial charge in [0.1, 0.15) is 10.6 Å². The SMILES string of the molecule is COc1ccc(N)c(SCC(=O)OC(C)(C)C)n1. The Kier molecular flexibility index (Phi) is 4.84. The Hall–Kier alpha value is -1.43. The van der Waals surface area contributed by atoms with Crippen molar-refractivity contribution in [1.29, 1.82) is 0 Å². The molecule has 0 aromatic carbocycles. The number of nitrogens with two attached hydrogens (primary N) is 1. The summed E-state index contributed by atoms with van der Waals surface area (Å²) in [5.74, 6) is 0.342. The fourth-order valence-corrected chi connectivity index (χ4v) is 1.86. The van der Waals surface area contributed by atoms with Crippen molar-refractivity contribution in [3.63, 3.8) is 0 Å². The van der Waals surface area contributed by atoms with Gasteiger partial charge in [0.05, 0.1) is 18.6 Å². The zero-order valence-corrected chi connectivity index (χ0v) is 11.8. The van der Waals surface area contributed by atoms with Gasteiger partial charge in [-0.3, -0.25) is 4.79 Å². The van der Waals surface area contributed by atoms with Crippen LogP contribution >= 0.6 is 11.8 Å². The summed E-state index contributed by atoms with van der Waals surface area (Å²) < 4.78 is 10.2. The highest BCUT2D eigenvalue weighted by molar-refractivity contribution is 8.00. The van der Waals surface area contributed by atoms with E-state index in [0.29, 0.717) is 16.6 Å². The van der Waals surface area contributed by atoms with E-state index in [2.05, 4.69) is 4.98 Å². The molecule has 0 atom stereocenters. The molecule has 0 unspecified atom stereocenters. The van der Waals surface area contributed by atoms with Gasteiger partial charge < -0.3 is 15.2 Å². The second kappa shape index (κ2) is 5.95. The molecule has 6 heteroatoms. The monoisotopic (exact) mass is 270 g/mol. The molecule has 0 fully saturated rings. The summed E-state index contributed by atoms with van der Waals surface area (Å²) in [5, 5.41) is 0.570. The molecule has 100 valence electrons. The second-order valence-corrected chi connectivity index (χ2v) is 5.59. The maximum atomic E-state index is 11.6. The molecule has 0 radical (unpaired) electrons. The molecule has 0 aliphatic heterocycles. The predicted octanol–water partition coefficient (Wildman–Crippen LogP) is 2.11. The number of pyridine rings is 1. The van der Waals surface area contributed by atoms with Gasteiger partial charge in [-0.1, -0.05) is 11.8 Å². The minimum Gasteiger partial charge on any atom is -0.481 e. The standard InChI is InChI=1S/C12H18N2O3S/c1-12(2,3)17-10(15)7-18-11-8(13)5-6-9(14-11)16-4/h5-6H,7,13H2,1-4H3. The number of nitrogens with zero attached hydrogens (tertiary/aromatic N) is 1. The van der Waals surface area contributed by atoms with Gasteiger partial charge in [-0.2, -0.15) is 0 Å². The van der Waals surface area contributed by atoms with E-state index in [9.17, 15) is 4.79 Å². The molecule has 5 nitrogen and oxygen atoms in total. The van der Waals surface area contributed by atoms with Crippen LogP contribution in [-0.2, 0) is 9.53 Å². The highest BCUT2D eigenvalue weighted by Crippen LogP contribution is 2.25. The third-order valence-corrected chi connectivity index (χ3v) is 2.80. The number of carbonyl (C=O) groups excluding carboxylic acids is 1. The lowest BCUT2D eigenvalue weighted by molar-refractivity contribution is -0.151. The number of nitrogen functional groups attached to an aromatic ring is 1. The summed E-state index contributed by atoms with van der Waals surface area (Å²) in [4.78, 5) is 15.7. The third kappa shape index (κ3) is 4.83. The van der Waals surface area contributed by atoms with Crippen LogP contribution in [0.2, 0.25) is 0 Å². The molecule has 2 N–H and O–H groups in total. The summed E-state index contributed by atoms with van der Waals surface area (Å²) in [6.45, 7) is 5.48. The Morgan fingerprint density at radius 3 is 2.67 bits per heavy atom. The minimum atomic E-state index is -0.481. The zero-order chi connectivity index (χ0) is 13.8. The Labute approximate surface area is 111 Å². The molecule has 0 aliphatic carbocycles. The Bertz CT molecular complexity index is 430. The third-order valence-electron chi connectivity index (χ3n) is 1.82. The minimum absolute atomic E-state index is 0.168. The van der Waals surface area contributed by atoms with E-state index in [1.54, 1.807) is 12.1 Å². The van der Waals surface area contributed by atoms with Crippen molar-refractivity contribution in [1.82, 2.24) is 4.98 Å². The molecule has 1 aromatic rings. The van der Waals surface area contributed by atoms with E-state index in [1.807, 2.05) is 20.8 Å². The van der Waals surface area contributed by atoms with Crippen LogP contribution in [0.25, 0.3) is 0 Å². The van der Waals surface area contributed by atoms with E-state index < -0.39 is 5.60 Å². The number of carbonyl (C=O) groups is 1. The van der Waals surface area contributed by atoms with Gasteiger partial charge >= 0.3 is 5.97 Å². The van der Waals surface area contributed by atoms with Crippen LogP contribution in [0.1, 0.15) is 20.8 Å². The summed E-state index contributed by atoms with van der Waals surface area (Å²) >= 11 is 1.23. The summed E-state index contributed by atoms with van der Waals surface area (Å²) in [6, 6.07) is 3.37.